The molecule has 0 aliphatic rings. The second kappa shape index (κ2) is 11.0. The summed E-state index contributed by atoms with van der Waals surface area (Å²) in [5.41, 5.74) is 6.48. The zero-order chi connectivity index (χ0) is 23.4. The van der Waals surface area contributed by atoms with Gasteiger partial charge in [-0.15, -0.1) is 0 Å². The largest absolute Gasteiger partial charge is 1.00 e. The summed E-state index contributed by atoms with van der Waals surface area (Å²) in [6.45, 7) is 2.13. The second-order valence-electron chi connectivity index (χ2n) is 8.34. The van der Waals surface area contributed by atoms with Gasteiger partial charge in [0, 0.05) is 39.6 Å². The summed E-state index contributed by atoms with van der Waals surface area (Å²) in [5, 5.41) is 9.67. The molecule has 34 heavy (non-hydrogen) atoms. The zero-order valence-corrected chi connectivity index (χ0v) is 21.1. The first-order chi connectivity index (χ1) is 16.0. The number of imidazole rings is 1. The van der Waals surface area contributed by atoms with E-state index < -0.39 is 0 Å². The average molecular weight is 475 g/mol. The molecule has 0 fully saturated rings. The molecule has 0 aliphatic heterocycles. The van der Waals surface area contributed by atoms with Crippen molar-refractivity contribution in [1.29, 1.82) is 0 Å². The number of rotatable bonds is 7. The van der Waals surface area contributed by atoms with Gasteiger partial charge in [0.2, 0.25) is 11.0 Å². The maximum Gasteiger partial charge on any atom is 0.308 e. The number of hydrogen-bond donors (Lipinski definition) is 0. The maximum atomic E-state index is 4.83. The molecular formula is C27H31ClN6. The molecule has 0 saturated heterocycles. The first kappa shape index (κ1) is 25.0. The molecule has 0 radical (unpaired) electrons. The molecule has 0 bridgehead atoms. The van der Waals surface area contributed by atoms with E-state index in [4.69, 9.17) is 10.2 Å². The fourth-order valence-electron chi connectivity index (χ4n) is 3.71. The highest BCUT2D eigenvalue weighted by Crippen LogP contribution is 2.16. The van der Waals surface area contributed by atoms with Crippen molar-refractivity contribution in [3.8, 4) is 0 Å². The van der Waals surface area contributed by atoms with Crippen LogP contribution in [0.15, 0.2) is 83.0 Å². The monoisotopic (exact) mass is 474 g/mol. The van der Waals surface area contributed by atoms with E-state index in [9.17, 15) is 0 Å². The summed E-state index contributed by atoms with van der Waals surface area (Å²) in [4.78, 5) is 4.18. The summed E-state index contributed by atoms with van der Waals surface area (Å²) in [6, 6.07) is 25.0. The summed E-state index contributed by atoms with van der Waals surface area (Å²) in [5.74, 6) is 1.01. The van der Waals surface area contributed by atoms with Gasteiger partial charge < -0.3 is 22.2 Å². The van der Waals surface area contributed by atoms with Crippen LogP contribution in [-0.4, -0.2) is 45.3 Å². The summed E-state index contributed by atoms with van der Waals surface area (Å²) >= 11 is 0. The Kier molecular flexibility index (Phi) is 8.08. The van der Waals surface area contributed by atoms with Crippen LogP contribution in [0.5, 0.6) is 0 Å². The van der Waals surface area contributed by atoms with Crippen molar-refractivity contribution in [1.82, 2.24) is 4.68 Å². The van der Waals surface area contributed by atoms with E-state index in [1.807, 2.05) is 62.1 Å². The van der Waals surface area contributed by atoms with Crippen LogP contribution in [0.2, 0.25) is 0 Å². The van der Waals surface area contributed by atoms with Crippen LogP contribution >= 0.6 is 0 Å². The van der Waals surface area contributed by atoms with Gasteiger partial charge >= 0.3 is 5.82 Å². The Labute approximate surface area is 207 Å². The highest BCUT2D eigenvalue weighted by Gasteiger charge is 2.23. The number of fused-ring (bicyclic) bond motifs is 1. The molecule has 1 aromatic heterocycles. The lowest BCUT2D eigenvalue weighted by molar-refractivity contribution is -0.660. The normalized spacial score (nSPS) is 11.3. The van der Waals surface area contributed by atoms with E-state index >= 15 is 0 Å². The van der Waals surface area contributed by atoms with Crippen molar-refractivity contribution >= 4 is 34.8 Å². The molecular weight excluding hydrogens is 444 g/mol. The third kappa shape index (κ3) is 5.29. The van der Waals surface area contributed by atoms with Gasteiger partial charge in [-0.25, -0.2) is 0 Å². The summed E-state index contributed by atoms with van der Waals surface area (Å²) in [6.07, 6.45) is 4.60. The van der Waals surface area contributed by atoms with Gasteiger partial charge in [-0.1, -0.05) is 62.9 Å². The molecule has 6 nitrogen and oxygen atoms in total. The molecule has 0 unspecified atom stereocenters. The SMILES string of the molecule is CCc1n(/N=C/c2ccc(N(C)C)cc2)c2ccccc2[n+]1/N=C/c1ccc(N(C)C)cc1.[Cl-]. The molecule has 0 atom stereocenters. The Bertz CT molecular complexity index is 1190. The van der Waals surface area contributed by atoms with E-state index in [1.54, 1.807) is 0 Å². The third-order valence-electron chi connectivity index (χ3n) is 5.61. The van der Waals surface area contributed by atoms with Crippen molar-refractivity contribution in [3.63, 3.8) is 0 Å². The highest BCUT2D eigenvalue weighted by atomic mass is 35.5. The lowest BCUT2D eigenvalue weighted by Gasteiger charge is -2.11. The molecule has 3 aromatic carbocycles. The summed E-state index contributed by atoms with van der Waals surface area (Å²) < 4.78 is 3.98. The Hall–Kier alpha value is -3.64. The predicted octanol–water partition coefficient (Wildman–Crippen LogP) is 1.39. The summed E-state index contributed by atoms with van der Waals surface area (Å²) in [7, 11) is 8.16. The molecule has 1 heterocycles. The van der Waals surface area contributed by atoms with Crippen LogP contribution in [0.4, 0.5) is 11.4 Å². The Morgan fingerprint density at radius 3 is 1.82 bits per heavy atom. The quantitative estimate of drug-likeness (QED) is 0.300. The standard InChI is InChI=1S/C27H31N6.ClH/c1-6-27-32(28-19-21-11-15-23(16-12-21)30(2)3)25-9-7-8-10-26(25)33(27)29-20-22-13-17-24(18-14-22)31(4)5;/h7-20H,6H2,1-5H3;1H/q+1;/p-1/b28-19+,29-20+;. The van der Waals surface area contributed by atoms with Gasteiger partial charge in [-0.05, 0) is 47.5 Å². The first-order valence-corrected chi connectivity index (χ1v) is 11.2. The lowest BCUT2D eigenvalue weighted by atomic mass is 10.2. The average Bonchev–Trinajstić information content (AvgIpc) is 3.14. The minimum Gasteiger partial charge on any atom is -1.00 e. The van der Waals surface area contributed by atoms with Gasteiger partial charge in [0.25, 0.3) is 0 Å². The number of hydrogen-bond acceptors (Lipinski definition) is 4. The fraction of sp³-hybridized carbons (Fsp3) is 0.222. The van der Waals surface area contributed by atoms with Gasteiger partial charge in [-0.2, -0.15) is 0 Å². The van der Waals surface area contributed by atoms with Gasteiger partial charge in [0.15, 0.2) is 0 Å². The molecule has 0 spiro atoms. The maximum absolute atomic E-state index is 4.83. The minimum absolute atomic E-state index is 0. The van der Waals surface area contributed by atoms with Crippen LogP contribution in [0.1, 0.15) is 23.9 Å². The van der Waals surface area contributed by atoms with E-state index in [0.29, 0.717) is 0 Å². The molecule has 0 aliphatic carbocycles. The van der Waals surface area contributed by atoms with Gasteiger partial charge in [-0.3, -0.25) is 0 Å². The van der Waals surface area contributed by atoms with Gasteiger partial charge in [0.05, 0.1) is 18.9 Å². The predicted molar refractivity (Wildman–Crippen MR) is 139 cm³/mol. The molecule has 176 valence electrons. The minimum atomic E-state index is 0. The van der Waals surface area contributed by atoms with Crippen molar-refractivity contribution < 1.29 is 17.1 Å². The van der Waals surface area contributed by atoms with Crippen LogP contribution < -0.4 is 26.9 Å². The Morgan fingerprint density at radius 2 is 1.29 bits per heavy atom. The van der Waals surface area contributed by atoms with Crippen LogP contribution in [0, 0.1) is 0 Å². The molecule has 0 saturated carbocycles. The number of anilines is 2. The topological polar surface area (TPSA) is 40.0 Å². The molecule has 0 N–H and O–H groups in total. The van der Waals surface area contributed by atoms with Crippen molar-refractivity contribution in [2.24, 2.45) is 10.2 Å². The number of nitrogens with zero attached hydrogens (tertiary/aromatic N) is 6. The number of aromatic nitrogens is 2. The van der Waals surface area contributed by atoms with Crippen molar-refractivity contribution in [2.45, 2.75) is 13.3 Å². The molecule has 0 amide bonds. The van der Waals surface area contributed by atoms with E-state index in [1.165, 1.54) is 11.4 Å². The zero-order valence-electron chi connectivity index (χ0n) is 20.4. The smallest absolute Gasteiger partial charge is 0.308 e. The van der Waals surface area contributed by atoms with E-state index in [-0.39, 0.29) is 12.4 Å². The van der Waals surface area contributed by atoms with Crippen LogP contribution in [-0.2, 0) is 6.42 Å². The van der Waals surface area contributed by atoms with Crippen molar-refractivity contribution in [2.75, 3.05) is 38.0 Å². The lowest BCUT2D eigenvalue weighted by Crippen LogP contribution is -3.00. The molecule has 7 heteroatoms. The van der Waals surface area contributed by atoms with Crippen molar-refractivity contribution in [3.05, 3.63) is 89.7 Å². The number of para-hydroxylation sites is 2. The first-order valence-electron chi connectivity index (χ1n) is 11.2. The fourth-order valence-corrected chi connectivity index (χ4v) is 3.71. The number of halogens is 1. The highest BCUT2D eigenvalue weighted by molar-refractivity contribution is 5.82. The Balaban J connectivity index is 0.00000324. The van der Waals surface area contributed by atoms with Crippen LogP contribution in [0.25, 0.3) is 11.0 Å². The van der Waals surface area contributed by atoms with E-state index in [0.717, 1.165) is 34.4 Å². The third-order valence-corrected chi connectivity index (χ3v) is 5.61. The van der Waals surface area contributed by atoms with Crippen LogP contribution in [0.3, 0.4) is 0 Å². The number of benzene rings is 3. The molecule has 4 rings (SSSR count). The van der Waals surface area contributed by atoms with E-state index in [2.05, 4.69) is 77.4 Å². The Morgan fingerprint density at radius 1 is 0.765 bits per heavy atom. The van der Waals surface area contributed by atoms with Gasteiger partial charge in [0.1, 0.15) is 0 Å². The second-order valence-corrected chi connectivity index (χ2v) is 8.34. The molecule has 4 aromatic rings.